The van der Waals surface area contributed by atoms with Gasteiger partial charge in [0, 0.05) is 30.1 Å². The Morgan fingerprint density at radius 2 is 1.83 bits per heavy atom. The average Bonchev–Trinajstić information content (AvgIpc) is 3.41. The lowest BCUT2D eigenvalue weighted by atomic mass is 9.76. The molecule has 9 heteroatoms. The number of nitrogens with one attached hydrogen (secondary N) is 1. The monoisotopic (exact) mass is 412 g/mol. The number of benzene rings is 2. The summed E-state index contributed by atoms with van der Waals surface area (Å²) in [6.45, 7) is -0.0545. The molecule has 0 bridgehead atoms. The molecule has 0 saturated carbocycles. The molecule has 3 aliphatic heterocycles. The highest BCUT2D eigenvalue weighted by Crippen LogP contribution is 2.56. The highest BCUT2D eigenvalue weighted by atomic mass is 19.4. The number of para-hydroxylation sites is 1. The Balaban J connectivity index is 1.61. The van der Waals surface area contributed by atoms with E-state index in [4.69, 9.17) is 6.42 Å². The summed E-state index contributed by atoms with van der Waals surface area (Å²) in [5, 5.41) is 19.1. The second-order valence-corrected chi connectivity index (χ2v) is 7.61. The first-order chi connectivity index (χ1) is 14.2. The van der Waals surface area contributed by atoms with Crippen molar-refractivity contribution in [2.45, 2.75) is 17.4 Å². The number of anilines is 1. The molecule has 1 atom stereocenters. The fourth-order valence-corrected chi connectivity index (χ4v) is 4.49. The van der Waals surface area contributed by atoms with Gasteiger partial charge in [0.15, 0.2) is 5.54 Å². The summed E-state index contributed by atoms with van der Waals surface area (Å²) in [7, 11) is 0. The normalized spacial score (nSPS) is 24.7. The van der Waals surface area contributed by atoms with Gasteiger partial charge in [0.05, 0.1) is 5.69 Å². The van der Waals surface area contributed by atoms with E-state index in [-0.39, 0.29) is 18.8 Å². The number of aromatic hydroxyl groups is 1. The molecule has 6 nitrogen and oxygen atoms in total. The number of phenols is 1. The summed E-state index contributed by atoms with van der Waals surface area (Å²) in [5.74, 6) is 1.26. The Morgan fingerprint density at radius 3 is 2.40 bits per heavy atom. The quantitative estimate of drug-likeness (QED) is 0.760. The first-order valence-electron chi connectivity index (χ1n) is 9.21. The molecule has 3 aliphatic rings. The van der Waals surface area contributed by atoms with E-state index in [9.17, 15) is 23.1 Å². The van der Waals surface area contributed by atoms with Crippen LogP contribution in [0.25, 0.3) is 0 Å². The van der Waals surface area contributed by atoms with E-state index in [2.05, 4.69) is 21.5 Å². The lowest BCUT2D eigenvalue weighted by Gasteiger charge is -2.50. The lowest BCUT2D eigenvalue weighted by Crippen LogP contribution is -2.66. The zero-order chi connectivity index (χ0) is 21.3. The zero-order valence-electron chi connectivity index (χ0n) is 15.4. The number of hydrogen-bond donors (Lipinski definition) is 2. The van der Waals surface area contributed by atoms with Gasteiger partial charge < -0.3 is 10.4 Å². The number of halogens is 3. The van der Waals surface area contributed by atoms with Gasteiger partial charge >= 0.3 is 6.18 Å². The minimum atomic E-state index is -4.57. The van der Waals surface area contributed by atoms with E-state index in [1.165, 1.54) is 12.1 Å². The van der Waals surface area contributed by atoms with Crippen molar-refractivity contribution in [3.8, 4) is 18.1 Å². The van der Waals surface area contributed by atoms with Crippen LogP contribution in [0.1, 0.15) is 16.7 Å². The second-order valence-electron chi connectivity index (χ2n) is 7.61. The molecule has 2 N–H and O–H groups in total. The van der Waals surface area contributed by atoms with E-state index in [1.54, 1.807) is 35.2 Å². The molecule has 5 rings (SSSR count). The van der Waals surface area contributed by atoms with Crippen molar-refractivity contribution in [2.24, 2.45) is 16.1 Å². The summed E-state index contributed by atoms with van der Waals surface area (Å²) in [6, 6.07) is 11.2. The molecule has 0 spiro atoms. The van der Waals surface area contributed by atoms with Crippen LogP contribution >= 0.6 is 0 Å². The van der Waals surface area contributed by atoms with Crippen LogP contribution in [0.15, 0.2) is 52.7 Å². The van der Waals surface area contributed by atoms with Gasteiger partial charge in [0.25, 0.3) is 11.6 Å². The van der Waals surface area contributed by atoms with Crippen molar-refractivity contribution in [3.05, 3.63) is 59.2 Å². The van der Waals surface area contributed by atoms with Gasteiger partial charge in [0.2, 0.25) is 0 Å². The van der Waals surface area contributed by atoms with Gasteiger partial charge in [-0.05, 0) is 23.8 Å². The van der Waals surface area contributed by atoms with Crippen molar-refractivity contribution in [1.82, 2.24) is 4.90 Å². The van der Waals surface area contributed by atoms with Crippen LogP contribution in [0.5, 0.6) is 5.75 Å². The van der Waals surface area contributed by atoms with Crippen molar-refractivity contribution in [1.29, 1.82) is 0 Å². The summed E-state index contributed by atoms with van der Waals surface area (Å²) in [5.41, 5.74) is -1.70. The highest BCUT2D eigenvalue weighted by molar-refractivity contribution is 6.09. The molecule has 0 aromatic heterocycles. The standard InChI is InChI=1S/C21H15F3N4O2/c1-2-12-4-3-5-16-17(12)25-18(30)19(16,13-6-8-15(29)9-7-13)28-10-14(11-28)20(26-27-20)21(22,23)24/h1,3-9,14,29H,10-11H2,(H,25,30). The number of phenolic OH excluding ortho intramolecular Hbond substituents is 1. The van der Waals surface area contributed by atoms with Crippen LogP contribution in [0, 0.1) is 18.3 Å². The molecule has 0 radical (unpaired) electrons. The fraction of sp³-hybridized carbons (Fsp3) is 0.286. The molecule has 1 fully saturated rings. The summed E-state index contributed by atoms with van der Waals surface area (Å²) in [6.07, 6.45) is 1.01. The van der Waals surface area contributed by atoms with Gasteiger partial charge in [-0.2, -0.15) is 13.2 Å². The Morgan fingerprint density at radius 1 is 1.17 bits per heavy atom. The number of hydrogen-bond acceptors (Lipinski definition) is 5. The fourth-order valence-electron chi connectivity index (χ4n) is 4.49. The largest absolute Gasteiger partial charge is 0.508 e. The van der Waals surface area contributed by atoms with E-state index in [1.807, 2.05) is 0 Å². The van der Waals surface area contributed by atoms with E-state index in [0.29, 0.717) is 22.4 Å². The van der Waals surface area contributed by atoms with Crippen molar-refractivity contribution < 1.29 is 23.1 Å². The van der Waals surface area contributed by atoms with Gasteiger partial charge in [-0.3, -0.25) is 9.69 Å². The summed E-state index contributed by atoms with van der Waals surface area (Å²) < 4.78 is 40.2. The first kappa shape index (κ1) is 18.6. The van der Waals surface area contributed by atoms with Crippen molar-refractivity contribution >= 4 is 11.6 Å². The third kappa shape index (κ3) is 2.22. The van der Waals surface area contributed by atoms with Crippen molar-refractivity contribution in [3.63, 3.8) is 0 Å². The number of carbonyl (C=O) groups is 1. The summed E-state index contributed by atoms with van der Waals surface area (Å²) >= 11 is 0. The number of carbonyl (C=O) groups excluding carboxylic acids is 1. The number of terminal acetylenes is 1. The molecule has 0 aliphatic carbocycles. The zero-order valence-corrected chi connectivity index (χ0v) is 15.4. The van der Waals surface area contributed by atoms with Crippen LogP contribution in [-0.4, -0.2) is 40.8 Å². The molecule has 1 unspecified atom stereocenters. The van der Waals surface area contributed by atoms with E-state index >= 15 is 0 Å². The summed E-state index contributed by atoms with van der Waals surface area (Å²) in [4.78, 5) is 15.0. The first-order valence-corrected chi connectivity index (χ1v) is 9.21. The number of fused-ring (bicyclic) bond motifs is 1. The predicted molar refractivity (Wildman–Crippen MR) is 101 cm³/mol. The van der Waals surface area contributed by atoms with E-state index < -0.39 is 29.2 Å². The Bertz CT molecular complexity index is 1120. The minimum absolute atomic E-state index is 0.0120. The van der Waals surface area contributed by atoms with E-state index in [0.717, 1.165) is 0 Å². The third-order valence-electron chi connectivity index (χ3n) is 6.12. The SMILES string of the molecule is C#Cc1cccc2c1NC(=O)C2(c1ccc(O)cc1)N1CC(C2(C(F)(F)F)N=N2)C1. The maximum absolute atomic E-state index is 13.4. The molecule has 3 heterocycles. The lowest BCUT2D eigenvalue weighted by molar-refractivity contribution is -0.194. The number of alkyl halides is 3. The number of amides is 1. The maximum atomic E-state index is 13.4. The average molecular weight is 412 g/mol. The predicted octanol–water partition coefficient (Wildman–Crippen LogP) is 3.23. The number of nitrogens with zero attached hydrogens (tertiary/aromatic N) is 3. The Hall–Kier alpha value is -3.38. The highest BCUT2D eigenvalue weighted by Gasteiger charge is 2.72. The molecular weight excluding hydrogens is 397 g/mol. The second kappa shape index (κ2) is 5.83. The van der Waals surface area contributed by atoms with Crippen LogP contribution in [0.2, 0.25) is 0 Å². The van der Waals surface area contributed by atoms with Crippen LogP contribution in [0.3, 0.4) is 0 Å². The van der Waals surface area contributed by atoms with Crippen LogP contribution in [-0.2, 0) is 10.3 Å². The smallest absolute Gasteiger partial charge is 0.438 e. The molecule has 2 aromatic carbocycles. The Kier molecular flexibility index (Phi) is 3.62. The van der Waals surface area contributed by atoms with Crippen LogP contribution in [0.4, 0.5) is 18.9 Å². The molecule has 1 saturated heterocycles. The maximum Gasteiger partial charge on any atom is 0.438 e. The molecular formula is C21H15F3N4O2. The van der Waals surface area contributed by atoms with Gasteiger partial charge in [-0.1, -0.05) is 30.2 Å². The number of rotatable bonds is 3. The molecule has 152 valence electrons. The number of likely N-dealkylation sites (tertiary alicyclic amines) is 1. The molecule has 30 heavy (non-hydrogen) atoms. The van der Waals surface area contributed by atoms with Gasteiger partial charge in [-0.15, -0.1) is 16.7 Å². The van der Waals surface area contributed by atoms with Crippen molar-refractivity contribution in [2.75, 3.05) is 18.4 Å². The molecule has 1 amide bonds. The van der Waals surface area contributed by atoms with Crippen LogP contribution < -0.4 is 5.32 Å². The third-order valence-corrected chi connectivity index (χ3v) is 6.12. The topological polar surface area (TPSA) is 77.3 Å². The van der Waals surface area contributed by atoms with Gasteiger partial charge in [0.1, 0.15) is 5.75 Å². The van der Waals surface area contributed by atoms with Gasteiger partial charge in [-0.25, -0.2) is 0 Å². The minimum Gasteiger partial charge on any atom is -0.508 e. The molecule has 2 aromatic rings. The Labute approximate surface area is 169 Å².